The van der Waals surface area contributed by atoms with Gasteiger partial charge in [0.05, 0.1) is 13.2 Å². The second-order valence-corrected chi connectivity index (χ2v) is 7.92. The molecule has 2 fully saturated rings. The summed E-state index contributed by atoms with van der Waals surface area (Å²) < 4.78 is 6.44. The van der Waals surface area contributed by atoms with Crippen LogP contribution in [-0.2, 0) is 4.74 Å². The lowest BCUT2D eigenvalue weighted by atomic mass is 10.0. The molecule has 0 amide bonds. The largest absolute Gasteiger partial charge is 0.378 e. The van der Waals surface area contributed by atoms with Crippen molar-refractivity contribution in [2.75, 3.05) is 61.1 Å². The number of pyridine rings is 1. The maximum atomic E-state index is 5.43. The molecule has 0 radical (unpaired) electrons. The summed E-state index contributed by atoms with van der Waals surface area (Å²) in [4.78, 5) is 20.7. The number of ether oxygens (including phenoxy) is 1. The van der Waals surface area contributed by atoms with Gasteiger partial charge in [-0.05, 0) is 47.0 Å². The van der Waals surface area contributed by atoms with Crippen molar-refractivity contribution in [2.45, 2.75) is 18.9 Å². The number of hydrogen-bond donors (Lipinski definition) is 0. The number of piperidine rings is 1. The number of morpholine rings is 1. The highest BCUT2D eigenvalue weighted by molar-refractivity contribution is 9.10. The molecule has 4 heterocycles. The van der Waals surface area contributed by atoms with E-state index in [0.717, 1.165) is 74.3 Å². The van der Waals surface area contributed by atoms with Gasteiger partial charge in [-0.3, -0.25) is 0 Å². The van der Waals surface area contributed by atoms with Gasteiger partial charge in [0.15, 0.2) is 0 Å². The summed E-state index contributed by atoms with van der Waals surface area (Å²) in [6.07, 6.45) is 6.02. The highest BCUT2D eigenvalue weighted by Crippen LogP contribution is 2.25. The van der Waals surface area contributed by atoms with Crippen LogP contribution >= 0.6 is 15.9 Å². The van der Waals surface area contributed by atoms with Crippen molar-refractivity contribution in [2.24, 2.45) is 0 Å². The van der Waals surface area contributed by atoms with Crippen LogP contribution in [0.3, 0.4) is 0 Å². The third-order valence-corrected chi connectivity index (χ3v) is 5.73. The molecule has 27 heavy (non-hydrogen) atoms. The van der Waals surface area contributed by atoms with Crippen LogP contribution in [0.15, 0.2) is 35.1 Å². The Hall–Kier alpha value is -1.93. The first-order valence-corrected chi connectivity index (χ1v) is 10.2. The molecule has 8 heteroatoms. The maximum Gasteiger partial charge on any atom is 0.227 e. The van der Waals surface area contributed by atoms with E-state index >= 15 is 0 Å². The molecular formula is C19H25BrN6O. The first-order chi connectivity index (χ1) is 13.2. The molecule has 0 aliphatic carbocycles. The number of anilines is 3. The Morgan fingerprint density at radius 1 is 1.11 bits per heavy atom. The summed E-state index contributed by atoms with van der Waals surface area (Å²) in [6, 6.07) is 6.53. The summed E-state index contributed by atoms with van der Waals surface area (Å²) in [5, 5.41) is 0. The topological polar surface area (TPSA) is 57.6 Å². The molecule has 1 atom stereocenters. The monoisotopic (exact) mass is 432 g/mol. The first kappa shape index (κ1) is 18.4. The highest BCUT2D eigenvalue weighted by atomic mass is 79.9. The minimum absolute atomic E-state index is 0.400. The Labute approximate surface area is 168 Å². The van der Waals surface area contributed by atoms with E-state index in [-0.39, 0.29) is 0 Å². The molecular weight excluding hydrogens is 408 g/mol. The maximum absolute atomic E-state index is 5.43. The number of aromatic nitrogens is 3. The molecule has 2 aliphatic heterocycles. The standard InChI is InChI=1S/C19H25BrN6O/c1-24(18-6-7-21-19(23-18)25-9-11-27-12-10-25)16-3-2-8-26(14-16)17-5-4-15(20)13-22-17/h4-7,13,16H,2-3,8-12,14H2,1H3. The van der Waals surface area contributed by atoms with E-state index in [4.69, 9.17) is 9.72 Å². The van der Waals surface area contributed by atoms with Crippen molar-refractivity contribution in [3.05, 3.63) is 35.1 Å². The van der Waals surface area contributed by atoms with Crippen molar-refractivity contribution in [1.29, 1.82) is 0 Å². The van der Waals surface area contributed by atoms with E-state index in [9.17, 15) is 0 Å². The smallest absolute Gasteiger partial charge is 0.227 e. The van der Waals surface area contributed by atoms with Crippen molar-refractivity contribution < 1.29 is 4.74 Å². The third-order valence-electron chi connectivity index (χ3n) is 5.26. The second kappa shape index (κ2) is 8.39. The van der Waals surface area contributed by atoms with E-state index in [0.29, 0.717) is 6.04 Å². The van der Waals surface area contributed by atoms with E-state index in [1.165, 1.54) is 0 Å². The van der Waals surface area contributed by atoms with Gasteiger partial charge >= 0.3 is 0 Å². The molecule has 2 aliphatic rings. The summed E-state index contributed by atoms with van der Waals surface area (Å²) in [6.45, 7) is 5.16. The second-order valence-electron chi connectivity index (χ2n) is 7.00. The number of hydrogen-bond acceptors (Lipinski definition) is 7. The van der Waals surface area contributed by atoms with Crippen LogP contribution in [0.25, 0.3) is 0 Å². The zero-order chi connectivity index (χ0) is 18.6. The molecule has 2 saturated heterocycles. The molecule has 144 valence electrons. The fourth-order valence-electron chi connectivity index (χ4n) is 3.67. The molecule has 0 aromatic carbocycles. The van der Waals surface area contributed by atoms with Crippen molar-refractivity contribution in [3.63, 3.8) is 0 Å². The van der Waals surface area contributed by atoms with Gasteiger partial charge in [0.1, 0.15) is 11.6 Å². The van der Waals surface area contributed by atoms with Gasteiger partial charge in [0, 0.05) is 56.1 Å². The van der Waals surface area contributed by atoms with Gasteiger partial charge in [0.2, 0.25) is 5.95 Å². The molecule has 0 N–H and O–H groups in total. The summed E-state index contributed by atoms with van der Waals surface area (Å²) in [5.41, 5.74) is 0. The van der Waals surface area contributed by atoms with Crippen LogP contribution in [-0.4, -0.2) is 67.4 Å². The fourth-order valence-corrected chi connectivity index (χ4v) is 3.91. The van der Waals surface area contributed by atoms with E-state index in [1.54, 1.807) is 0 Å². The number of rotatable bonds is 4. The van der Waals surface area contributed by atoms with Gasteiger partial charge in [-0.2, -0.15) is 4.98 Å². The summed E-state index contributed by atoms with van der Waals surface area (Å²) >= 11 is 3.46. The molecule has 0 bridgehead atoms. The SMILES string of the molecule is CN(c1ccnc(N2CCOCC2)n1)C1CCCN(c2ccc(Br)cn2)C1. The molecule has 2 aromatic heterocycles. The zero-order valence-electron chi connectivity index (χ0n) is 15.6. The Bertz CT molecular complexity index is 752. The lowest BCUT2D eigenvalue weighted by Gasteiger charge is -2.39. The van der Waals surface area contributed by atoms with Gasteiger partial charge in [-0.1, -0.05) is 0 Å². The minimum atomic E-state index is 0.400. The molecule has 2 aromatic rings. The van der Waals surface area contributed by atoms with Crippen molar-refractivity contribution in [3.8, 4) is 0 Å². The Balaban J connectivity index is 1.47. The number of likely N-dealkylation sites (N-methyl/N-ethyl adjacent to an activating group) is 1. The molecule has 7 nitrogen and oxygen atoms in total. The summed E-state index contributed by atoms with van der Waals surface area (Å²) in [7, 11) is 2.13. The average Bonchev–Trinajstić information content (AvgIpc) is 2.74. The van der Waals surface area contributed by atoms with E-state index in [1.807, 2.05) is 18.5 Å². The predicted molar refractivity (Wildman–Crippen MR) is 111 cm³/mol. The van der Waals surface area contributed by atoms with Crippen molar-refractivity contribution >= 4 is 33.5 Å². The fraction of sp³-hybridized carbons (Fsp3) is 0.526. The van der Waals surface area contributed by atoms with Crippen LogP contribution in [0.4, 0.5) is 17.6 Å². The molecule has 0 saturated carbocycles. The average molecular weight is 433 g/mol. The molecule has 1 unspecified atom stereocenters. The van der Waals surface area contributed by atoms with Crippen LogP contribution < -0.4 is 14.7 Å². The first-order valence-electron chi connectivity index (χ1n) is 9.46. The van der Waals surface area contributed by atoms with Gasteiger partial charge in [-0.15, -0.1) is 0 Å². The van der Waals surface area contributed by atoms with Gasteiger partial charge in [0.25, 0.3) is 0 Å². The number of nitrogens with zero attached hydrogens (tertiary/aromatic N) is 6. The van der Waals surface area contributed by atoms with Crippen LogP contribution in [0.2, 0.25) is 0 Å². The zero-order valence-corrected chi connectivity index (χ0v) is 17.2. The number of halogens is 1. The van der Waals surface area contributed by atoms with Crippen LogP contribution in [0.1, 0.15) is 12.8 Å². The van der Waals surface area contributed by atoms with Crippen LogP contribution in [0, 0.1) is 0 Å². The Morgan fingerprint density at radius 3 is 2.74 bits per heavy atom. The van der Waals surface area contributed by atoms with Crippen molar-refractivity contribution in [1.82, 2.24) is 15.0 Å². The molecule has 4 rings (SSSR count). The quantitative estimate of drug-likeness (QED) is 0.735. The van der Waals surface area contributed by atoms with Gasteiger partial charge in [-0.25, -0.2) is 9.97 Å². The molecule has 0 spiro atoms. The van der Waals surface area contributed by atoms with Gasteiger partial charge < -0.3 is 19.4 Å². The normalized spacial score (nSPS) is 20.6. The lowest BCUT2D eigenvalue weighted by molar-refractivity contribution is 0.122. The minimum Gasteiger partial charge on any atom is -0.378 e. The summed E-state index contributed by atoms with van der Waals surface area (Å²) in [5.74, 6) is 2.81. The predicted octanol–water partition coefficient (Wildman–Crippen LogP) is 2.58. The third kappa shape index (κ3) is 4.32. The Kier molecular flexibility index (Phi) is 5.73. The van der Waals surface area contributed by atoms with E-state index < -0.39 is 0 Å². The highest BCUT2D eigenvalue weighted by Gasteiger charge is 2.25. The van der Waals surface area contributed by atoms with Crippen LogP contribution in [0.5, 0.6) is 0 Å². The lowest BCUT2D eigenvalue weighted by Crippen LogP contribution is -2.47. The van der Waals surface area contributed by atoms with E-state index in [2.05, 4.69) is 59.8 Å². The Morgan fingerprint density at radius 2 is 1.96 bits per heavy atom.